The van der Waals surface area contributed by atoms with E-state index in [2.05, 4.69) is 43.4 Å². The lowest BCUT2D eigenvalue weighted by molar-refractivity contribution is -0.122. The molecule has 0 unspecified atom stereocenters. The average Bonchev–Trinajstić information content (AvgIpc) is 3.17. The summed E-state index contributed by atoms with van der Waals surface area (Å²) in [6.45, 7) is 4.52. The molecule has 0 spiro atoms. The number of hydrogen-bond acceptors (Lipinski definition) is 3. The van der Waals surface area contributed by atoms with Gasteiger partial charge in [-0.05, 0) is 29.4 Å². The number of carbonyl (C=O) groups excluding carboxylic acids is 1. The van der Waals surface area contributed by atoms with Crippen LogP contribution in [0.25, 0.3) is 0 Å². The van der Waals surface area contributed by atoms with Crippen LogP contribution in [0.2, 0.25) is 0 Å². The monoisotopic (exact) mass is 309 g/mol. The molecule has 0 saturated heterocycles. The van der Waals surface area contributed by atoms with E-state index in [0.717, 1.165) is 6.42 Å². The third-order valence-corrected chi connectivity index (χ3v) is 4.88. The molecule has 0 aromatic heterocycles. The number of amides is 1. The summed E-state index contributed by atoms with van der Waals surface area (Å²) in [5.41, 5.74) is 2.50. The highest BCUT2D eigenvalue weighted by molar-refractivity contribution is 7.90. The van der Waals surface area contributed by atoms with Crippen LogP contribution in [0.4, 0.5) is 0 Å². The highest BCUT2D eigenvalue weighted by atomic mass is 32.2. The highest BCUT2D eigenvalue weighted by Crippen LogP contribution is 2.47. The fourth-order valence-electron chi connectivity index (χ4n) is 2.47. The van der Waals surface area contributed by atoms with Gasteiger partial charge < -0.3 is 5.32 Å². The third kappa shape index (κ3) is 4.56. The van der Waals surface area contributed by atoms with Crippen LogP contribution in [0.5, 0.6) is 0 Å². The van der Waals surface area contributed by atoms with E-state index in [1.165, 1.54) is 17.4 Å². The summed E-state index contributed by atoms with van der Waals surface area (Å²) in [6, 6.07) is 8.45. The van der Waals surface area contributed by atoms with Crippen LogP contribution in [0, 0.1) is 5.92 Å². The Hall–Kier alpha value is -1.36. The molecule has 1 aromatic carbocycles. The van der Waals surface area contributed by atoms with E-state index in [1.54, 1.807) is 0 Å². The van der Waals surface area contributed by atoms with Crippen molar-refractivity contribution in [2.24, 2.45) is 5.92 Å². The molecule has 1 aliphatic carbocycles. The molecule has 1 aliphatic rings. The molecule has 1 fully saturated rings. The zero-order valence-corrected chi connectivity index (χ0v) is 13.6. The number of sulfone groups is 1. The van der Waals surface area contributed by atoms with Crippen LogP contribution in [0.3, 0.4) is 0 Å². The quantitative estimate of drug-likeness (QED) is 0.875. The number of benzene rings is 1. The van der Waals surface area contributed by atoms with Gasteiger partial charge in [-0.3, -0.25) is 4.79 Å². The Bertz CT molecular complexity index is 605. The van der Waals surface area contributed by atoms with Crippen molar-refractivity contribution in [3.05, 3.63) is 35.4 Å². The molecule has 0 bridgehead atoms. The second kappa shape index (κ2) is 6.18. The van der Waals surface area contributed by atoms with Gasteiger partial charge in [-0.1, -0.05) is 38.1 Å². The molecular formula is C16H23NO3S. The lowest BCUT2D eigenvalue weighted by Gasteiger charge is -2.07. The predicted octanol–water partition coefficient (Wildman–Crippen LogP) is 2.07. The van der Waals surface area contributed by atoms with Crippen molar-refractivity contribution in [3.63, 3.8) is 0 Å². The Morgan fingerprint density at radius 1 is 1.29 bits per heavy atom. The van der Waals surface area contributed by atoms with Crippen LogP contribution < -0.4 is 5.32 Å². The molecule has 2 rings (SSSR count). The number of hydrogen-bond donors (Lipinski definition) is 1. The normalized spacial score (nSPS) is 21.3. The fourth-order valence-corrected chi connectivity index (χ4v) is 2.94. The summed E-state index contributed by atoms with van der Waals surface area (Å²) in [7, 11) is -3.02. The van der Waals surface area contributed by atoms with Crippen LogP contribution in [0.15, 0.2) is 24.3 Å². The van der Waals surface area contributed by atoms with Crippen LogP contribution in [-0.2, 0) is 14.6 Å². The van der Waals surface area contributed by atoms with Gasteiger partial charge in [-0.2, -0.15) is 0 Å². The lowest BCUT2D eigenvalue weighted by atomic mass is 10.00. The Morgan fingerprint density at radius 2 is 1.90 bits per heavy atom. The van der Waals surface area contributed by atoms with Crippen LogP contribution >= 0.6 is 0 Å². The van der Waals surface area contributed by atoms with E-state index in [4.69, 9.17) is 0 Å². The number of nitrogens with one attached hydrogen (secondary N) is 1. The average molecular weight is 309 g/mol. The van der Waals surface area contributed by atoms with E-state index < -0.39 is 9.84 Å². The van der Waals surface area contributed by atoms with Gasteiger partial charge in [0.15, 0.2) is 0 Å². The molecule has 0 aliphatic heterocycles. The van der Waals surface area contributed by atoms with Crippen molar-refractivity contribution < 1.29 is 13.2 Å². The topological polar surface area (TPSA) is 63.2 Å². The Balaban J connectivity index is 1.85. The smallest absolute Gasteiger partial charge is 0.223 e. The zero-order chi connectivity index (χ0) is 15.6. The van der Waals surface area contributed by atoms with Crippen LogP contribution in [-0.4, -0.2) is 32.9 Å². The minimum atomic E-state index is -3.02. The highest BCUT2D eigenvalue weighted by Gasteiger charge is 2.43. The van der Waals surface area contributed by atoms with Crippen molar-refractivity contribution in [3.8, 4) is 0 Å². The summed E-state index contributed by atoms with van der Waals surface area (Å²) in [4.78, 5) is 11.9. The van der Waals surface area contributed by atoms with Gasteiger partial charge in [0.2, 0.25) is 5.91 Å². The van der Waals surface area contributed by atoms with Gasteiger partial charge >= 0.3 is 0 Å². The van der Waals surface area contributed by atoms with E-state index >= 15 is 0 Å². The lowest BCUT2D eigenvalue weighted by Crippen LogP contribution is -2.30. The van der Waals surface area contributed by atoms with Crippen molar-refractivity contribution in [1.29, 1.82) is 0 Å². The molecule has 2 atom stereocenters. The minimum absolute atomic E-state index is 0.000782. The molecule has 0 radical (unpaired) electrons. The molecule has 1 saturated carbocycles. The fraction of sp³-hybridized carbons (Fsp3) is 0.562. The summed E-state index contributed by atoms with van der Waals surface area (Å²) in [5.74, 6) is 0.753. The number of rotatable bonds is 6. The predicted molar refractivity (Wildman–Crippen MR) is 84.1 cm³/mol. The first-order valence-corrected chi connectivity index (χ1v) is 9.39. The molecule has 116 valence electrons. The summed E-state index contributed by atoms with van der Waals surface area (Å²) in [5, 5.41) is 2.71. The SMILES string of the molecule is CC(C)c1ccc([C@@H]2C[C@@H]2C(=O)NCCS(C)(=O)=O)cc1. The summed E-state index contributed by atoms with van der Waals surface area (Å²) < 4.78 is 22.0. The molecule has 5 heteroatoms. The van der Waals surface area contributed by atoms with Gasteiger partial charge in [0.05, 0.1) is 5.75 Å². The minimum Gasteiger partial charge on any atom is -0.355 e. The standard InChI is InChI=1S/C16H23NO3S/c1-11(2)12-4-6-13(7-5-12)14-10-15(14)16(18)17-8-9-21(3,19)20/h4-7,11,14-15H,8-10H2,1-3H3,(H,17,18)/t14-,15-/m0/s1. The maximum atomic E-state index is 11.9. The van der Waals surface area contributed by atoms with Gasteiger partial charge in [0, 0.05) is 18.7 Å². The van der Waals surface area contributed by atoms with E-state index in [9.17, 15) is 13.2 Å². The Labute approximate surface area is 126 Å². The molecule has 4 nitrogen and oxygen atoms in total. The first kappa shape index (κ1) is 16.0. The summed E-state index contributed by atoms with van der Waals surface area (Å²) in [6.07, 6.45) is 2.03. The Morgan fingerprint density at radius 3 is 2.43 bits per heavy atom. The Kier molecular flexibility index (Phi) is 4.71. The summed E-state index contributed by atoms with van der Waals surface area (Å²) >= 11 is 0. The van der Waals surface area contributed by atoms with Crippen molar-refractivity contribution in [2.75, 3.05) is 18.6 Å². The molecule has 1 amide bonds. The largest absolute Gasteiger partial charge is 0.355 e. The van der Waals surface area contributed by atoms with Crippen LogP contribution in [0.1, 0.15) is 43.2 Å². The van der Waals surface area contributed by atoms with E-state index in [-0.39, 0.29) is 30.0 Å². The van der Waals surface area contributed by atoms with E-state index in [1.807, 2.05) is 0 Å². The second-order valence-electron chi connectivity index (χ2n) is 6.19. The molecule has 1 N–H and O–H groups in total. The molecule has 0 heterocycles. The molecule has 1 aromatic rings. The zero-order valence-electron chi connectivity index (χ0n) is 12.8. The van der Waals surface area contributed by atoms with Gasteiger partial charge in [0.1, 0.15) is 9.84 Å². The van der Waals surface area contributed by atoms with Crippen molar-refractivity contribution >= 4 is 15.7 Å². The molecule has 21 heavy (non-hydrogen) atoms. The maximum absolute atomic E-state index is 11.9. The third-order valence-electron chi connectivity index (χ3n) is 3.93. The van der Waals surface area contributed by atoms with Crippen molar-refractivity contribution in [1.82, 2.24) is 5.32 Å². The van der Waals surface area contributed by atoms with Gasteiger partial charge in [-0.25, -0.2) is 8.42 Å². The van der Waals surface area contributed by atoms with Gasteiger partial charge in [0.25, 0.3) is 0 Å². The maximum Gasteiger partial charge on any atom is 0.223 e. The number of carbonyl (C=O) groups is 1. The first-order valence-electron chi connectivity index (χ1n) is 7.33. The first-order chi connectivity index (χ1) is 9.78. The van der Waals surface area contributed by atoms with E-state index in [0.29, 0.717) is 5.92 Å². The molecular weight excluding hydrogens is 286 g/mol. The van der Waals surface area contributed by atoms with Crippen molar-refractivity contribution in [2.45, 2.75) is 32.1 Å². The second-order valence-corrected chi connectivity index (χ2v) is 8.45. The van der Waals surface area contributed by atoms with Gasteiger partial charge in [-0.15, -0.1) is 0 Å².